The highest BCUT2D eigenvalue weighted by molar-refractivity contribution is 5.32. The Morgan fingerprint density at radius 2 is 2.00 bits per heavy atom. The highest BCUT2D eigenvalue weighted by Crippen LogP contribution is 2.34. The van der Waals surface area contributed by atoms with Gasteiger partial charge in [-0.15, -0.1) is 0 Å². The summed E-state index contributed by atoms with van der Waals surface area (Å²) < 4.78 is 18.3. The van der Waals surface area contributed by atoms with Crippen molar-refractivity contribution in [3.63, 3.8) is 0 Å². The zero-order chi connectivity index (χ0) is 12.3. The number of ether oxygens (including phenoxy) is 1. The molecule has 2 N–H and O–H groups in total. The zero-order valence-corrected chi connectivity index (χ0v) is 10.3. The Kier molecular flexibility index (Phi) is 4.00. The van der Waals surface area contributed by atoms with Gasteiger partial charge in [0.25, 0.3) is 0 Å². The van der Waals surface area contributed by atoms with Gasteiger partial charge < -0.3 is 10.5 Å². The minimum Gasteiger partial charge on any atom is -0.494 e. The first kappa shape index (κ1) is 12.4. The molecule has 94 valence electrons. The fraction of sp³-hybridized carbons (Fsp3) is 0.571. The smallest absolute Gasteiger partial charge is 0.165 e. The van der Waals surface area contributed by atoms with E-state index in [1.165, 1.54) is 45.3 Å². The number of halogens is 1. The van der Waals surface area contributed by atoms with Gasteiger partial charge in [0, 0.05) is 6.04 Å². The normalized spacial score (nSPS) is 19.0. The Hall–Kier alpha value is -1.09. The average Bonchev–Trinajstić information content (AvgIpc) is 2.39. The summed E-state index contributed by atoms with van der Waals surface area (Å²) in [5, 5.41) is 0. The molecule has 0 aromatic heterocycles. The monoisotopic (exact) mass is 237 g/mol. The lowest BCUT2D eigenvalue weighted by molar-refractivity contribution is 0.307. The molecular weight excluding hydrogens is 217 g/mol. The van der Waals surface area contributed by atoms with Crippen LogP contribution in [0.4, 0.5) is 4.39 Å². The van der Waals surface area contributed by atoms with E-state index in [4.69, 9.17) is 10.5 Å². The first-order chi connectivity index (χ1) is 8.22. The van der Waals surface area contributed by atoms with Crippen molar-refractivity contribution < 1.29 is 9.13 Å². The van der Waals surface area contributed by atoms with E-state index < -0.39 is 0 Å². The Morgan fingerprint density at radius 1 is 1.29 bits per heavy atom. The molecule has 0 unspecified atom stereocenters. The van der Waals surface area contributed by atoms with Crippen molar-refractivity contribution in [3.05, 3.63) is 29.6 Å². The topological polar surface area (TPSA) is 35.2 Å². The molecule has 0 radical (unpaired) electrons. The molecule has 0 heterocycles. The van der Waals surface area contributed by atoms with Crippen LogP contribution in [-0.4, -0.2) is 7.11 Å². The van der Waals surface area contributed by atoms with Crippen LogP contribution >= 0.6 is 0 Å². The van der Waals surface area contributed by atoms with Crippen LogP contribution < -0.4 is 10.5 Å². The minimum absolute atomic E-state index is 0.00444. The summed E-state index contributed by atoms with van der Waals surface area (Å²) in [7, 11) is 1.48. The molecule has 0 spiro atoms. The second kappa shape index (κ2) is 5.50. The lowest BCUT2D eigenvalue weighted by Gasteiger charge is -2.28. The molecule has 1 aromatic rings. The molecule has 0 saturated heterocycles. The molecule has 1 aromatic carbocycles. The maximum Gasteiger partial charge on any atom is 0.165 e. The minimum atomic E-state index is -0.327. The Labute approximate surface area is 102 Å². The van der Waals surface area contributed by atoms with Gasteiger partial charge in [-0.3, -0.25) is 0 Å². The van der Waals surface area contributed by atoms with Gasteiger partial charge in [0.1, 0.15) is 0 Å². The highest BCUT2D eigenvalue weighted by Gasteiger charge is 2.22. The fourth-order valence-electron chi connectivity index (χ4n) is 2.65. The number of methoxy groups -OCH3 is 1. The van der Waals surface area contributed by atoms with Crippen molar-refractivity contribution in [2.75, 3.05) is 7.11 Å². The molecule has 1 aliphatic carbocycles. The van der Waals surface area contributed by atoms with E-state index in [1.807, 2.05) is 0 Å². The van der Waals surface area contributed by atoms with Crippen LogP contribution in [0.1, 0.15) is 43.7 Å². The maximum atomic E-state index is 13.3. The average molecular weight is 237 g/mol. The Balaban J connectivity index is 2.15. The fourth-order valence-corrected chi connectivity index (χ4v) is 2.65. The van der Waals surface area contributed by atoms with Gasteiger partial charge in [0.15, 0.2) is 11.6 Å². The summed E-state index contributed by atoms with van der Waals surface area (Å²) in [6.07, 6.45) is 6.20. The molecule has 2 nitrogen and oxygen atoms in total. The SMILES string of the molecule is COc1cc([C@H](N)C2CCCCC2)ccc1F. The largest absolute Gasteiger partial charge is 0.494 e. The quantitative estimate of drug-likeness (QED) is 0.874. The van der Waals surface area contributed by atoms with Crippen LogP contribution in [0.3, 0.4) is 0 Å². The van der Waals surface area contributed by atoms with Crippen molar-refractivity contribution in [2.45, 2.75) is 38.1 Å². The van der Waals surface area contributed by atoms with Crippen LogP contribution in [0.25, 0.3) is 0 Å². The summed E-state index contributed by atoms with van der Waals surface area (Å²) in [4.78, 5) is 0. The van der Waals surface area contributed by atoms with E-state index in [0.29, 0.717) is 5.92 Å². The van der Waals surface area contributed by atoms with Gasteiger partial charge in [-0.1, -0.05) is 25.3 Å². The molecule has 17 heavy (non-hydrogen) atoms. The standard InChI is InChI=1S/C14H20FNO/c1-17-13-9-11(7-8-12(13)15)14(16)10-5-3-2-4-6-10/h7-10,14H,2-6,16H2,1H3/t14-/m1/s1. The lowest BCUT2D eigenvalue weighted by atomic mass is 9.81. The summed E-state index contributed by atoms with van der Waals surface area (Å²) in [5.74, 6) is 0.486. The van der Waals surface area contributed by atoms with E-state index in [2.05, 4.69) is 0 Å². The second-order valence-electron chi connectivity index (χ2n) is 4.82. The third-order valence-electron chi connectivity index (χ3n) is 3.72. The molecule has 1 aliphatic rings. The number of rotatable bonds is 3. The van der Waals surface area contributed by atoms with E-state index in [0.717, 1.165) is 5.56 Å². The van der Waals surface area contributed by atoms with E-state index >= 15 is 0 Å². The molecule has 0 amide bonds. The van der Waals surface area contributed by atoms with Crippen molar-refractivity contribution in [1.82, 2.24) is 0 Å². The third-order valence-corrected chi connectivity index (χ3v) is 3.72. The van der Waals surface area contributed by atoms with Gasteiger partial charge in [0.2, 0.25) is 0 Å². The highest BCUT2D eigenvalue weighted by atomic mass is 19.1. The number of hydrogen-bond acceptors (Lipinski definition) is 2. The maximum absolute atomic E-state index is 13.3. The van der Waals surface area contributed by atoms with Crippen molar-refractivity contribution >= 4 is 0 Å². The second-order valence-corrected chi connectivity index (χ2v) is 4.82. The first-order valence-electron chi connectivity index (χ1n) is 6.31. The zero-order valence-electron chi connectivity index (χ0n) is 10.3. The van der Waals surface area contributed by atoms with Gasteiger partial charge in [-0.25, -0.2) is 4.39 Å². The van der Waals surface area contributed by atoms with E-state index in [9.17, 15) is 4.39 Å². The molecule has 0 bridgehead atoms. The van der Waals surface area contributed by atoms with Crippen LogP contribution in [0.15, 0.2) is 18.2 Å². The van der Waals surface area contributed by atoms with Crippen LogP contribution in [0.5, 0.6) is 5.75 Å². The Morgan fingerprint density at radius 3 is 2.65 bits per heavy atom. The van der Waals surface area contributed by atoms with Gasteiger partial charge in [-0.05, 0) is 36.5 Å². The molecule has 3 heteroatoms. The van der Waals surface area contributed by atoms with Crippen LogP contribution in [0, 0.1) is 11.7 Å². The van der Waals surface area contributed by atoms with Crippen molar-refractivity contribution in [3.8, 4) is 5.75 Å². The predicted octanol–water partition coefficient (Wildman–Crippen LogP) is 3.41. The first-order valence-corrected chi connectivity index (χ1v) is 6.31. The number of benzene rings is 1. The van der Waals surface area contributed by atoms with Gasteiger partial charge >= 0.3 is 0 Å². The summed E-state index contributed by atoms with van der Waals surface area (Å²) in [6.45, 7) is 0. The van der Waals surface area contributed by atoms with E-state index in [-0.39, 0.29) is 17.6 Å². The van der Waals surface area contributed by atoms with Gasteiger partial charge in [-0.2, -0.15) is 0 Å². The molecule has 1 fully saturated rings. The van der Waals surface area contributed by atoms with Crippen LogP contribution in [0.2, 0.25) is 0 Å². The Bertz CT molecular complexity index is 374. The van der Waals surface area contributed by atoms with E-state index in [1.54, 1.807) is 12.1 Å². The van der Waals surface area contributed by atoms with Gasteiger partial charge in [0.05, 0.1) is 7.11 Å². The van der Waals surface area contributed by atoms with Crippen molar-refractivity contribution in [2.24, 2.45) is 11.7 Å². The molecular formula is C14H20FNO. The van der Waals surface area contributed by atoms with Crippen molar-refractivity contribution in [1.29, 1.82) is 0 Å². The third kappa shape index (κ3) is 2.78. The van der Waals surface area contributed by atoms with Crippen LogP contribution in [-0.2, 0) is 0 Å². The molecule has 0 aliphatic heterocycles. The molecule has 2 rings (SSSR count). The molecule has 1 saturated carbocycles. The molecule has 1 atom stereocenters. The lowest BCUT2D eigenvalue weighted by Crippen LogP contribution is -2.23. The summed E-state index contributed by atoms with van der Waals surface area (Å²) in [5.41, 5.74) is 7.25. The number of hydrogen-bond donors (Lipinski definition) is 1. The summed E-state index contributed by atoms with van der Waals surface area (Å²) >= 11 is 0. The predicted molar refractivity (Wildman–Crippen MR) is 66.5 cm³/mol. The summed E-state index contributed by atoms with van der Waals surface area (Å²) in [6, 6.07) is 4.95. The number of nitrogens with two attached hydrogens (primary N) is 1.